The summed E-state index contributed by atoms with van der Waals surface area (Å²) in [5, 5.41) is 0. The molecule has 0 spiro atoms. The molecular weight excluding hydrogens is 916 g/mol. The minimum Gasteiger partial charge on any atom is -0.238 e. The van der Waals surface area contributed by atoms with Gasteiger partial charge in [-0.05, 0) is 150 Å². The molecule has 0 heterocycles. The number of benzene rings is 6. The summed E-state index contributed by atoms with van der Waals surface area (Å²) in [4.78, 5) is 20.5. The number of hydrogen-bond acceptors (Lipinski definition) is 0. The topological polar surface area (TPSA) is 26.2 Å². The van der Waals surface area contributed by atoms with E-state index in [0.29, 0.717) is 0 Å². The molecule has 0 N–H and O–H groups in total. The Bertz CT molecular complexity index is 2050. The van der Waals surface area contributed by atoms with Gasteiger partial charge in [0, 0.05) is 21.1 Å². The molecule has 0 aliphatic rings. The summed E-state index contributed by atoms with van der Waals surface area (Å²) in [5.41, 5.74) is 17.5. The van der Waals surface area contributed by atoms with Crippen LogP contribution in [0.15, 0.2) is 109 Å². The van der Waals surface area contributed by atoms with Crippen LogP contribution in [0.4, 0.5) is 34.1 Å². The Morgan fingerprint density at radius 3 is 0.344 bits per heavy atom. The molecule has 6 aromatic carbocycles. The molecule has 6 rings (SSSR count). The summed E-state index contributed by atoms with van der Waals surface area (Å²) in [6.07, 6.45) is 0. The Balaban J connectivity index is 0.000000706. The smallest absolute Gasteiger partial charge is 0.193 e. The number of aryl methyl sites for hydroxylation is 12. The monoisotopic (exact) mass is 970 g/mol. The Labute approximate surface area is 380 Å². The normalized spacial score (nSPS) is 8.75. The van der Waals surface area contributed by atoms with Crippen molar-refractivity contribution in [2.45, 2.75) is 83.1 Å². The summed E-state index contributed by atoms with van der Waals surface area (Å²) in [6.45, 7) is 64.6. The molecule has 0 unspecified atom stereocenters. The quantitative estimate of drug-likeness (QED) is 0.136. The maximum absolute atomic E-state index is 6.85. The van der Waals surface area contributed by atoms with E-state index in [1.54, 1.807) is 0 Å². The molecule has 0 fully saturated rings. The molecule has 0 aliphatic heterocycles. The van der Waals surface area contributed by atoms with E-state index in [9.17, 15) is 0 Å². The summed E-state index contributed by atoms with van der Waals surface area (Å²) in [7, 11) is 0. The van der Waals surface area contributed by atoms with E-state index in [1.165, 1.54) is 0 Å². The van der Waals surface area contributed by atoms with Gasteiger partial charge in [-0.1, -0.05) is 109 Å². The van der Waals surface area contributed by atoms with Crippen LogP contribution in [0, 0.1) is 123 Å². The fourth-order valence-corrected chi connectivity index (χ4v) is 5.89. The minimum absolute atomic E-state index is 0. The molecular formula is C54H54N6W. The largest absolute Gasteiger partial charge is 0.238 e. The van der Waals surface area contributed by atoms with Crippen LogP contribution in [-0.4, -0.2) is 0 Å². The first kappa shape index (κ1) is 53.9. The first-order valence-electron chi connectivity index (χ1n) is 19.1. The molecule has 0 aromatic heterocycles. The molecule has 0 aliphatic carbocycles. The summed E-state index contributed by atoms with van der Waals surface area (Å²) >= 11 is 0. The second-order valence-electron chi connectivity index (χ2n) is 14.1. The minimum atomic E-state index is 0. The van der Waals surface area contributed by atoms with Crippen LogP contribution >= 0.6 is 0 Å². The van der Waals surface area contributed by atoms with E-state index in [-0.39, 0.29) is 21.1 Å². The van der Waals surface area contributed by atoms with E-state index in [2.05, 4.69) is 29.1 Å². The fraction of sp³-hybridized carbons (Fsp3) is 0.222. The van der Waals surface area contributed by atoms with Crippen molar-refractivity contribution in [2.75, 3.05) is 0 Å². The van der Waals surface area contributed by atoms with Crippen molar-refractivity contribution in [1.82, 2.24) is 0 Å². The third-order valence-electron chi connectivity index (χ3n) is 9.31. The molecule has 6 nitrogen and oxygen atoms in total. The van der Waals surface area contributed by atoms with Gasteiger partial charge in [0.15, 0.2) is 34.1 Å². The first-order valence-corrected chi connectivity index (χ1v) is 19.1. The Morgan fingerprint density at radius 1 is 0.213 bits per heavy atom. The van der Waals surface area contributed by atoms with Crippen LogP contribution in [-0.2, 0) is 21.1 Å². The molecule has 0 bridgehead atoms. The van der Waals surface area contributed by atoms with Crippen molar-refractivity contribution in [3.63, 3.8) is 0 Å². The van der Waals surface area contributed by atoms with Gasteiger partial charge in [-0.15, -0.1) is 0 Å². The van der Waals surface area contributed by atoms with Gasteiger partial charge in [-0.25, -0.2) is 29.1 Å². The standard InChI is InChI=1S/6C9H9N.W/c6*1-7-5-4-6-8(2)9(7)10-3;/h6*4-6H,1-2H3;. The Kier molecular flexibility index (Phi) is 25.1. The van der Waals surface area contributed by atoms with E-state index in [0.717, 1.165) is 101 Å². The van der Waals surface area contributed by atoms with E-state index >= 15 is 0 Å². The van der Waals surface area contributed by atoms with Crippen molar-refractivity contribution in [3.8, 4) is 0 Å². The Morgan fingerprint density at radius 2 is 0.295 bits per heavy atom. The van der Waals surface area contributed by atoms with Gasteiger partial charge in [0.1, 0.15) is 0 Å². The van der Waals surface area contributed by atoms with Gasteiger partial charge in [0.25, 0.3) is 0 Å². The van der Waals surface area contributed by atoms with Gasteiger partial charge in [-0.3, -0.25) is 0 Å². The number of nitrogens with zero attached hydrogens (tertiary/aromatic N) is 6. The molecule has 7 heteroatoms. The third kappa shape index (κ3) is 17.4. The molecule has 61 heavy (non-hydrogen) atoms. The van der Waals surface area contributed by atoms with E-state index < -0.39 is 0 Å². The molecule has 0 saturated heterocycles. The van der Waals surface area contributed by atoms with Crippen molar-refractivity contribution in [3.05, 3.63) is 244 Å². The predicted molar refractivity (Wildman–Crippen MR) is 253 cm³/mol. The second-order valence-corrected chi connectivity index (χ2v) is 14.1. The molecule has 0 amide bonds. The van der Waals surface area contributed by atoms with Crippen molar-refractivity contribution in [1.29, 1.82) is 0 Å². The zero-order valence-corrected chi connectivity index (χ0v) is 40.4. The van der Waals surface area contributed by atoms with Crippen LogP contribution in [0.2, 0.25) is 0 Å². The SMILES string of the molecule is [C-]#[N+]c1c(C)cccc1C.[C-]#[N+]c1c(C)cccc1C.[C-]#[N+]c1c(C)cccc1C.[C-]#[N+]c1c(C)cccc1C.[C-]#[N+]c1c(C)cccc1C.[C-]#[N+]c1c(C)cccc1C.[W]. The van der Waals surface area contributed by atoms with Gasteiger partial charge in [0.05, 0.1) is 39.4 Å². The number of para-hydroxylation sites is 6. The van der Waals surface area contributed by atoms with E-state index in [1.807, 2.05) is 192 Å². The number of rotatable bonds is 0. The summed E-state index contributed by atoms with van der Waals surface area (Å²) in [6, 6.07) is 35.3. The summed E-state index contributed by atoms with van der Waals surface area (Å²) < 4.78 is 0. The molecule has 0 atom stereocenters. The van der Waals surface area contributed by atoms with Crippen LogP contribution in [0.25, 0.3) is 29.1 Å². The predicted octanol–water partition coefficient (Wildman–Crippen LogP) is 17.1. The zero-order valence-electron chi connectivity index (χ0n) is 37.5. The maximum Gasteiger partial charge on any atom is 0.193 e. The molecule has 0 saturated carbocycles. The first-order chi connectivity index (χ1) is 28.5. The van der Waals surface area contributed by atoms with Crippen LogP contribution in [0.1, 0.15) is 66.8 Å². The van der Waals surface area contributed by atoms with Crippen LogP contribution in [0.5, 0.6) is 0 Å². The van der Waals surface area contributed by atoms with Crippen molar-refractivity contribution >= 4 is 34.1 Å². The van der Waals surface area contributed by atoms with Gasteiger partial charge < -0.3 is 0 Å². The van der Waals surface area contributed by atoms with Crippen LogP contribution in [0.3, 0.4) is 0 Å². The average molecular weight is 971 g/mol. The van der Waals surface area contributed by atoms with Gasteiger partial charge in [-0.2, -0.15) is 0 Å². The second kappa shape index (κ2) is 28.4. The average Bonchev–Trinajstić information content (AvgIpc) is 3.20. The van der Waals surface area contributed by atoms with Gasteiger partial charge in [0.2, 0.25) is 0 Å². The van der Waals surface area contributed by atoms with Gasteiger partial charge >= 0.3 is 0 Å². The third-order valence-corrected chi connectivity index (χ3v) is 9.31. The number of hydrogen-bond donors (Lipinski definition) is 0. The molecule has 306 valence electrons. The van der Waals surface area contributed by atoms with Crippen molar-refractivity contribution < 1.29 is 21.1 Å². The zero-order chi connectivity index (χ0) is 45.4. The molecule has 6 aromatic rings. The maximum atomic E-state index is 6.85. The molecule has 0 radical (unpaired) electrons. The Hall–Kier alpha value is -7.05. The van der Waals surface area contributed by atoms with Crippen LogP contribution < -0.4 is 0 Å². The van der Waals surface area contributed by atoms with Crippen molar-refractivity contribution in [2.24, 2.45) is 0 Å². The fourth-order valence-electron chi connectivity index (χ4n) is 5.89. The summed E-state index contributed by atoms with van der Waals surface area (Å²) in [5.74, 6) is 0. The van der Waals surface area contributed by atoms with E-state index in [4.69, 9.17) is 39.4 Å².